The van der Waals surface area contributed by atoms with E-state index in [1.54, 1.807) is 6.20 Å². The molecule has 0 saturated carbocycles. The fourth-order valence-electron chi connectivity index (χ4n) is 2.17. The minimum Gasteiger partial charge on any atom is -0.306 e. The molecule has 0 spiro atoms. The van der Waals surface area contributed by atoms with E-state index >= 15 is 0 Å². The van der Waals surface area contributed by atoms with Crippen LogP contribution in [0.2, 0.25) is 0 Å². The van der Waals surface area contributed by atoms with Crippen LogP contribution in [-0.4, -0.2) is 23.5 Å². The summed E-state index contributed by atoms with van der Waals surface area (Å²) in [5, 5.41) is 8.58. The quantitative estimate of drug-likeness (QED) is 0.787. The molecule has 104 valence electrons. The smallest absolute Gasteiger partial charge is 0.243 e. The molecule has 1 heterocycles. The molecule has 1 atom stereocenters. The largest absolute Gasteiger partial charge is 0.306 e. The molecule has 0 saturated heterocycles. The predicted molar refractivity (Wildman–Crippen MR) is 79.4 cm³/mol. The first-order chi connectivity index (χ1) is 9.25. The van der Waals surface area contributed by atoms with Gasteiger partial charge in [0.25, 0.3) is 0 Å². The van der Waals surface area contributed by atoms with Crippen molar-refractivity contribution in [2.75, 3.05) is 11.9 Å². The minimum atomic E-state index is -0.187. The molecule has 1 aliphatic carbocycles. The third-order valence-electron chi connectivity index (χ3n) is 3.34. The number of nitrogens with one attached hydrogen (secondary N) is 2. The van der Waals surface area contributed by atoms with Gasteiger partial charge in [-0.15, -0.1) is 11.3 Å². The van der Waals surface area contributed by atoms with Crippen molar-refractivity contribution in [1.29, 1.82) is 0 Å². The maximum Gasteiger partial charge on any atom is 0.243 e. The summed E-state index contributed by atoms with van der Waals surface area (Å²) in [6.07, 6.45) is 10.2. The summed E-state index contributed by atoms with van der Waals surface area (Å²) in [7, 11) is 0. The molecular weight excluding hydrogens is 258 g/mol. The van der Waals surface area contributed by atoms with Gasteiger partial charge in [0.15, 0.2) is 5.13 Å². The van der Waals surface area contributed by atoms with Crippen molar-refractivity contribution in [1.82, 2.24) is 10.3 Å². The molecule has 0 aromatic carbocycles. The van der Waals surface area contributed by atoms with Crippen LogP contribution < -0.4 is 10.6 Å². The number of carbonyl (C=O) groups is 1. The zero-order chi connectivity index (χ0) is 13.5. The second-order valence-electron chi connectivity index (χ2n) is 4.86. The van der Waals surface area contributed by atoms with E-state index in [4.69, 9.17) is 0 Å². The van der Waals surface area contributed by atoms with Gasteiger partial charge >= 0.3 is 0 Å². The van der Waals surface area contributed by atoms with Crippen LogP contribution in [0.5, 0.6) is 0 Å². The van der Waals surface area contributed by atoms with Crippen molar-refractivity contribution in [2.24, 2.45) is 0 Å². The van der Waals surface area contributed by atoms with Crippen molar-refractivity contribution in [3.05, 3.63) is 23.2 Å². The van der Waals surface area contributed by atoms with Crippen LogP contribution in [0.15, 0.2) is 23.2 Å². The maximum atomic E-state index is 11.9. The normalized spacial score (nSPS) is 16.8. The summed E-state index contributed by atoms with van der Waals surface area (Å²) < 4.78 is 0. The molecule has 0 radical (unpaired) electrons. The first-order valence-electron chi connectivity index (χ1n) is 6.87. The maximum absolute atomic E-state index is 11.9. The van der Waals surface area contributed by atoms with Crippen LogP contribution in [0, 0.1) is 0 Å². The summed E-state index contributed by atoms with van der Waals surface area (Å²) in [4.78, 5) is 15.9. The molecule has 19 heavy (non-hydrogen) atoms. The van der Waals surface area contributed by atoms with Crippen LogP contribution in [0.25, 0.3) is 0 Å². The van der Waals surface area contributed by atoms with Crippen LogP contribution >= 0.6 is 11.3 Å². The molecule has 1 amide bonds. The van der Waals surface area contributed by atoms with E-state index in [0.29, 0.717) is 5.13 Å². The summed E-state index contributed by atoms with van der Waals surface area (Å²) in [6.45, 7) is 2.75. The molecule has 1 aromatic rings. The number of allylic oxidation sites excluding steroid dienone is 1. The molecule has 1 aromatic heterocycles. The SMILES string of the molecule is C[C@@H](NCCC1=CCCCC1)C(=O)Nc1nccs1. The highest BCUT2D eigenvalue weighted by atomic mass is 32.1. The number of thiazole rings is 1. The van der Waals surface area contributed by atoms with Gasteiger partial charge in [-0.05, 0) is 45.6 Å². The van der Waals surface area contributed by atoms with Crippen molar-refractivity contribution >= 4 is 22.4 Å². The van der Waals surface area contributed by atoms with Gasteiger partial charge in [-0.2, -0.15) is 0 Å². The lowest BCUT2D eigenvalue weighted by Crippen LogP contribution is -2.38. The van der Waals surface area contributed by atoms with E-state index in [1.165, 1.54) is 42.6 Å². The van der Waals surface area contributed by atoms with Crippen molar-refractivity contribution in [2.45, 2.75) is 45.1 Å². The Bertz CT molecular complexity index is 428. The number of carbonyl (C=O) groups excluding carboxylic acids is 1. The minimum absolute atomic E-state index is 0.0208. The third kappa shape index (κ3) is 4.76. The molecule has 0 bridgehead atoms. The first-order valence-corrected chi connectivity index (χ1v) is 7.75. The monoisotopic (exact) mass is 279 g/mol. The topological polar surface area (TPSA) is 54.0 Å². The Labute approximate surface area is 118 Å². The van der Waals surface area contributed by atoms with Gasteiger partial charge in [0, 0.05) is 11.6 Å². The van der Waals surface area contributed by atoms with Crippen molar-refractivity contribution in [3.63, 3.8) is 0 Å². The Morgan fingerprint density at radius 1 is 1.53 bits per heavy atom. The van der Waals surface area contributed by atoms with Gasteiger partial charge in [-0.25, -0.2) is 4.98 Å². The lowest BCUT2D eigenvalue weighted by atomic mass is 9.97. The fourth-order valence-corrected chi connectivity index (χ4v) is 2.70. The van der Waals surface area contributed by atoms with E-state index in [-0.39, 0.29) is 11.9 Å². The average Bonchev–Trinajstić information content (AvgIpc) is 2.92. The van der Waals surface area contributed by atoms with E-state index < -0.39 is 0 Å². The lowest BCUT2D eigenvalue weighted by Gasteiger charge is -2.15. The number of rotatable bonds is 6. The zero-order valence-corrected chi connectivity index (χ0v) is 12.1. The van der Waals surface area contributed by atoms with E-state index in [9.17, 15) is 4.79 Å². The fraction of sp³-hybridized carbons (Fsp3) is 0.571. The van der Waals surface area contributed by atoms with Crippen LogP contribution in [-0.2, 0) is 4.79 Å². The zero-order valence-electron chi connectivity index (χ0n) is 11.3. The van der Waals surface area contributed by atoms with Crippen molar-refractivity contribution < 1.29 is 4.79 Å². The van der Waals surface area contributed by atoms with E-state index in [2.05, 4.69) is 21.7 Å². The molecule has 0 aliphatic heterocycles. The van der Waals surface area contributed by atoms with Gasteiger partial charge in [-0.3, -0.25) is 4.79 Å². The van der Waals surface area contributed by atoms with Crippen LogP contribution in [0.3, 0.4) is 0 Å². The molecule has 2 N–H and O–H groups in total. The highest BCUT2D eigenvalue weighted by Crippen LogP contribution is 2.19. The van der Waals surface area contributed by atoms with Gasteiger partial charge < -0.3 is 10.6 Å². The van der Waals surface area contributed by atoms with E-state index in [1.807, 2.05) is 12.3 Å². The summed E-state index contributed by atoms with van der Waals surface area (Å²) in [5.74, 6) is -0.0208. The standard InChI is InChI=1S/C14H21N3OS/c1-11(13(18)17-14-16-9-10-19-14)15-8-7-12-5-3-2-4-6-12/h5,9-11,15H,2-4,6-8H2,1H3,(H,16,17,18)/t11-/m1/s1. The average molecular weight is 279 g/mol. The Balaban J connectivity index is 1.67. The summed E-state index contributed by atoms with van der Waals surface area (Å²) in [5.41, 5.74) is 1.53. The number of aromatic nitrogens is 1. The van der Waals surface area contributed by atoms with Crippen LogP contribution in [0.4, 0.5) is 5.13 Å². The summed E-state index contributed by atoms with van der Waals surface area (Å²) >= 11 is 1.44. The number of amides is 1. The number of hydrogen-bond donors (Lipinski definition) is 2. The number of anilines is 1. The molecule has 4 nitrogen and oxygen atoms in total. The highest BCUT2D eigenvalue weighted by molar-refractivity contribution is 7.13. The molecule has 0 fully saturated rings. The molecular formula is C14H21N3OS. The molecule has 1 aliphatic rings. The Kier molecular flexibility index (Phi) is 5.54. The van der Waals surface area contributed by atoms with E-state index in [0.717, 1.165) is 13.0 Å². The lowest BCUT2D eigenvalue weighted by molar-refractivity contribution is -0.117. The third-order valence-corrected chi connectivity index (χ3v) is 4.03. The van der Waals surface area contributed by atoms with Gasteiger partial charge in [0.1, 0.15) is 0 Å². The Hall–Kier alpha value is -1.20. The van der Waals surface area contributed by atoms with Crippen LogP contribution in [0.1, 0.15) is 39.0 Å². The van der Waals surface area contributed by atoms with Gasteiger partial charge in [0.05, 0.1) is 6.04 Å². The second kappa shape index (κ2) is 7.40. The highest BCUT2D eigenvalue weighted by Gasteiger charge is 2.13. The predicted octanol–water partition coefficient (Wildman–Crippen LogP) is 2.95. The van der Waals surface area contributed by atoms with Crippen molar-refractivity contribution in [3.8, 4) is 0 Å². The number of nitrogens with zero attached hydrogens (tertiary/aromatic N) is 1. The molecule has 2 rings (SSSR count). The molecule has 5 heteroatoms. The molecule has 0 unspecified atom stereocenters. The first kappa shape index (κ1) is 14.2. The Morgan fingerprint density at radius 2 is 2.42 bits per heavy atom. The summed E-state index contributed by atoms with van der Waals surface area (Å²) in [6, 6.07) is -0.187. The van der Waals surface area contributed by atoms with Gasteiger partial charge in [0.2, 0.25) is 5.91 Å². The van der Waals surface area contributed by atoms with Gasteiger partial charge in [-0.1, -0.05) is 11.6 Å². The second-order valence-corrected chi connectivity index (χ2v) is 5.76. The Morgan fingerprint density at radius 3 is 3.11 bits per heavy atom. The number of hydrogen-bond acceptors (Lipinski definition) is 4.